The fourth-order valence-electron chi connectivity index (χ4n) is 3.13. The molecule has 0 aliphatic rings. The van der Waals surface area contributed by atoms with Crippen LogP contribution >= 0.6 is 0 Å². The molecule has 0 spiro atoms. The minimum absolute atomic E-state index is 0.386. The highest BCUT2D eigenvalue weighted by Crippen LogP contribution is 2.09. The summed E-state index contributed by atoms with van der Waals surface area (Å²) >= 11 is 0. The van der Waals surface area contributed by atoms with Crippen molar-refractivity contribution in [3.63, 3.8) is 0 Å². The molecule has 0 aliphatic carbocycles. The lowest BCUT2D eigenvalue weighted by atomic mass is 10.0. The Bertz CT molecular complexity index is 388. The second kappa shape index (κ2) is 19.7. The summed E-state index contributed by atoms with van der Waals surface area (Å²) in [6.45, 7) is 7.20. The molecule has 0 bridgehead atoms. The minimum Gasteiger partial charge on any atom is -0.480 e. The standard InChI is InChI=1S/C24H45NO2/c1-4-5-6-7-8-9-10-11-12-13-14-15-16-17-18-19-20-25-23(24(26)27)21-22(2)3/h8-9,11-12,22-23,25H,4-7,10,13-21H2,1-3H3,(H,26,27)/b9-8-,12-11-. The molecule has 0 aliphatic heterocycles. The molecule has 0 saturated carbocycles. The number of carbonyl (C=O) groups is 1. The zero-order valence-corrected chi connectivity index (χ0v) is 18.2. The molecule has 3 nitrogen and oxygen atoms in total. The summed E-state index contributed by atoms with van der Waals surface area (Å²) in [5.41, 5.74) is 0. The van der Waals surface area contributed by atoms with Gasteiger partial charge in [0.1, 0.15) is 6.04 Å². The van der Waals surface area contributed by atoms with Crippen LogP contribution in [-0.4, -0.2) is 23.7 Å². The molecule has 0 radical (unpaired) electrons. The summed E-state index contributed by atoms with van der Waals surface area (Å²) in [5.74, 6) is -0.307. The number of carboxylic acids is 1. The molecule has 0 rings (SSSR count). The number of hydrogen-bond acceptors (Lipinski definition) is 2. The summed E-state index contributed by atoms with van der Waals surface area (Å²) in [7, 11) is 0. The molecule has 0 heterocycles. The molecule has 0 fully saturated rings. The Morgan fingerprint density at radius 3 is 1.96 bits per heavy atom. The van der Waals surface area contributed by atoms with Crippen LogP contribution in [0.4, 0.5) is 0 Å². The van der Waals surface area contributed by atoms with E-state index in [2.05, 4.69) is 50.4 Å². The smallest absolute Gasteiger partial charge is 0.320 e. The molecule has 0 aromatic rings. The number of aliphatic carboxylic acids is 1. The first-order valence-corrected chi connectivity index (χ1v) is 11.3. The SMILES string of the molecule is CCCCC/C=C\C/C=C\CCCCCCCCNC(CC(C)C)C(=O)O. The fraction of sp³-hybridized carbons (Fsp3) is 0.792. The molecule has 27 heavy (non-hydrogen) atoms. The van der Waals surface area contributed by atoms with Crippen molar-refractivity contribution in [3.05, 3.63) is 24.3 Å². The van der Waals surface area contributed by atoms with Gasteiger partial charge in [-0.1, -0.05) is 83.6 Å². The number of nitrogens with one attached hydrogen (secondary N) is 1. The second-order valence-electron chi connectivity index (χ2n) is 8.06. The summed E-state index contributed by atoms with van der Waals surface area (Å²) in [4.78, 5) is 11.2. The topological polar surface area (TPSA) is 49.3 Å². The van der Waals surface area contributed by atoms with Crippen LogP contribution in [0.2, 0.25) is 0 Å². The molecule has 158 valence electrons. The monoisotopic (exact) mass is 379 g/mol. The minimum atomic E-state index is -0.719. The Morgan fingerprint density at radius 1 is 0.852 bits per heavy atom. The third-order valence-corrected chi connectivity index (χ3v) is 4.77. The van der Waals surface area contributed by atoms with Crippen molar-refractivity contribution in [1.82, 2.24) is 5.32 Å². The number of unbranched alkanes of at least 4 members (excludes halogenated alkanes) is 9. The van der Waals surface area contributed by atoms with Gasteiger partial charge in [-0.25, -0.2) is 0 Å². The van der Waals surface area contributed by atoms with E-state index in [0.29, 0.717) is 12.3 Å². The van der Waals surface area contributed by atoms with Gasteiger partial charge in [-0.3, -0.25) is 4.79 Å². The van der Waals surface area contributed by atoms with Gasteiger partial charge < -0.3 is 10.4 Å². The lowest BCUT2D eigenvalue weighted by Gasteiger charge is -2.16. The van der Waals surface area contributed by atoms with Crippen LogP contribution in [0.1, 0.15) is 104 Å². The molecule has 0 aromatic carbocycles. The van der Waals surface area contributed by atoms with Crippen molar-refractivity contribution in [2.75, 3.05) is 6.54 Å². The van der Waals surface area contributed by atoms with Crippen molar-refractivity contribution >= 4 is 5.97 Å². The zero-order chi connectivity index (χ0) is 20.2. The molecule has 0 aromatic heterocycles. The molecule has 3 heteroatoms. The van der Waals surface area contributed by atoms with Gasteiger partial charge in [0.25, 0.3) is 0 Å². The molecule has 0 amide bonds. The van der Waals surface area contributed by atoms with Crippen LogP contribution in [0.25, 0.3) is 0 Å². The van der Waals surface area contributed by atoms with Gasteiger partial charge in [-0.15, -0.1) is 0 Å². The maximum atomic E-state index is 11.2. The maximum absolute atomic E-state index is 11.2. The van der Waals surface area contributed by atoms with Crippen LogP contribution in [0.15, 0.2) is 24.3 Å². The van der Waals surface area contributed by atoms with Gasteiger partial charge in [-0.2, -0.15) is 0 Å². The Morgan fingerprint density at radius 2 is 1.41 bits per heavy atom. The second-order valence-corrected chi connectivity index (χ2v) is 8.06. The van der Waals surface area contributed by atoms with Crippen molar-refractivity contribution in [2.24, 2.45) is 5.92 Å². The van der Waals surface area contributed by atoms with E-state index in [9.17, 15) is 9.90 Å². The molecule has 1 atom stereocenters. The van der Waals surface area contributed by atoms with Crippen LogP contribution < -0.4 is 5.32 Å². The first-order chi connectivity index (χ1) is 13.1. The summed E-state index contributed by atoms with van der Waals surface area (Å²) in [5, 5.41) is 12.4. The highest BCUT2D eigenvalue weighted by Gasteiger charge is 2.17. The number of carboxylic acid groups (broad SMARTS) is 1. The highest BCUT2D eigenvalue weighted by molar-refractivity contribution is 5.73. The Balaban J connectivity index is 3.39. The van der Waals surface area contributed by atoms with Crippen LogP contribution in [0.5, 0.6) is 0 Å². The van der Waals surface area contributed by atoms with E-state index in [1.54, 1.807) is 0 Å². The van der Waals surface area contributed by atoms with Gasteiger partial charge >= 0.3 is 5.97 Å². The number of allylic oxidation sites excluding steroid dienone is 4. The molecule has 0 saturated heterocycles. The van der Waals surface area contributed by atoms with E-state index >= 15 is 0 Å². The van der Waals surface area contributed by atoms with Gasteiger partial charge in [0, 0.05) is 0 Å². The van der Waals surface area contributed by atoms with Crippen molar-refractivity contribution in [2.45, 2.75) is 110 Å². The third kappa shape index (κ3) is 19.5. The Kier molecular flexibility index (Phi) is 18.9. The van der Waals surface area contributed by atoms with Crippen LogP contribution in [-0.2, 0) is 4.79 Å². The van der Waals surface area contributed by atoms with Gasteiger partial charge in [-0.05, 0) is 57.4 Å². The molecule has 2 N–H and O–H groups in total. The summed E-state index contributed by atoms with van der Waals surface area (Å²) in [6, 6.07) is -0.386. The predicted octanol–water partition coefficient (Wildman–Crippen LogP) is 6.89. The first kappa shape index (κ1) is 25.9. The number of rotatable bonds is 19. The van der Waals surface area contributed by atoms with E-state index in [1.807, 2.05) is 0 Å². The quantitative estimate of drug-likeness (QED) is 0.190. The van der Waals surface area contributed by atoms with E-state index in [0.717, 1.165) is 19.4 Å². The van der Waals surface area contributed by atoms with E-state index in [-0.39, 0.29) is 6.04 Å². The predicted molar refractivity (Wildman–Crippen MR) is 118 cm³/mol. The Labute approximate surface area is 168 Å². The fourth-order valence-corrected chi connectivity index (χ4v) is 3.13. The van der Waals surface area contributed by atoms with E-state index in [4.69, 9.17) is 0 Å². The Hall–Kier alpha value is -1.09. The van der Waals surface area contributed by atoms with Gasteiger partial charge in [0.2, 0.25) is 0 Å². The lowest BCUT2D eigenvalue weighted by Crippen LogP contribution is -2.38. The summed E-state index contributed by atoms with van der Waals surface area (Å²) in [6.07, 6.45) is 24.8. The van der Waals surface area contributed by atoms with Gasteiger partial charge in [0.05, 0.1) is 0 Å². The zero-order valence-electron chi connectivity index (χ0n) is 18.2. The van der Waals surface area contributed by atoms with Gasteiger partial charge in [0.15, 0.2) is 0 Å². The van der Waals surface area contributed by atoms with Crippen molar-refractivity contribution in [3.8, 4) is 0 Å². The highest BCUT2D eigenvalue weighted by atomic mass is 16.4. The maximum Gasteiger partial charge on any atom is 0.320 e. The third-order valence-electron chi connectivity index (χ3n) is 4.77. The van der Waals surface area contributed by atoms with Crippen LogP contribution in [0.3, 0.4) is 0 Å². The van der Waals surface area contributed by atoms with E-state index in [1.165, 1.54) is 64.2 Å². The molecular formula is C24H45NO2. The van der Waals surface area contributed by atoms with E-state index < -0.39 is 5.97 Å². The van der Waals surface area contributed by atoms with Crippen molar-refractivity contribution in [1.29, 1.82) is 0 Å². The average Bonchev–Trinajstić information content (AvgIpc) is 2.62. The summed E-state index contributed by atoms with van der Waals surface area (Å²) < 4.78 is 0. The lowest BCUT2D eigenvalue weighted by molar-refractivity contribution is -0.139. The normalized spacial score (nSPS) is 13.2. The molecule has 1 unspecified atom stereocenters. The molecular weight excluding hydrogens is 334 g/mol. The average molecular weight is 380 g/mol. The van der Waals surface area contributed by atoms with Crippen molar-refractivity contribution < 1.29 is 9.90 Å². The number of hydrogen-bond donors (Lipinski definition) is 2. The largest absolute Gasteiger partial charge is 0.480 e. The first-order valence-electron chi connectivity index (χ1n) is 11.3. The van der Waals surface area contributed by atoms with Crippen LogP contribution in [0, 0.1) is 5.92 Å².